The van der Waals surface area contributed by atoms with Crippen molar-refractivity contribution in [3.63, 3.8) is 0 Å². The average Bonchev–Trinajstić information content (AvgIpc) is 2.31. The van der Waals surface area contributed by atoms with E-state index < -0.39 is 0 Å². The average molecular weight is 265 g/mol. The van der Waals surface area contributed by atoms with Gasteiger partial charge in [-0.3, -0.25) is 0 Å². The second-order valence-corrected chi connectivity index (χ2v) is 7.06. The van der Waals surface area contributed by atoms with Crippen LogP contribution in [0.1, 0.15) is 61.6 Å². The van der Waals surface area contributed by atoms with E-state index in [9.17, 15) is 0 Å². The van der Waals surface area contributed by atoms with Gasteiger partial charge >= 0.3 is 0 Å². The van der Waals surface area contributed by atoms with Crippen molar-refractivity contribution in [2.45, 2.75) is 58.8 Å². The normalized spacial score (nSPS) is 24.8. The highest BCUT2D eigenvalue weighted by Crippen LogP contribution is 2.49. The molecule has 0 radical (unpaired) electrons. The van der Waals surface area contributed by atoms with Crippen LogP contribution in [0.2, 0.25) is 0 Å². The Morgan fingerprint density at radius 1 is 1.17 bits per heavy atom. The number of aryl methyl sites for hydroxylation is 2. The molecule has 0 N–H and O–H groups in total. The summed E-state index contributed by atoms with van der Waals surface area (Å²) in [6.07, 6.45) is 5.28. The lowest BCUT2D eigenvalue weighted by Gasteiger charge is -2.41. The van der Waals surface area contributed by atoms with E-state index in [0.717, 1.165) is 0 Å². The van der Waals surface area contributed by atoms with Crippen LogP contribution in [0.5, 0.6) is 0 Å². The third-order valence-electron chi connectivity index (χ3n) is 4.79. The molecule has 18 heavy (non-hydrogen) atoms. The zero-order valence-electron chi connectivity index (χ0n) is 12.1. The monoisotopic (exact) mass is 264 g/mol. The maximum Gasteiger partial charge on any atom is 0.0618 e. The van der Waals surface area contributed by atoms with Gasteiger partial charge in [0.25, 0.3) is 0 Å². The molecule has 0 aromatic heterocycles. The molecule has 1 aromatic rings. The Labute approximate surface area is 117 Å². The molecule has 0 heterocycles. The summed E-state index contributed by atoms with van der Waals surface area (Å²) >= 11 is 6.79. The summed E-state index contributed by atoms with van der Waals surface area (Å²) < 4.78 is 0. The van der Waals surface area contributed by atoms with E-state index in [1.807, 2.05) is 0 Å². The maximum absolute atomic E-state index is 6.79. The van der Waals surface area contributed by atoms with Crippen LogP contribution in [0, 0.1) is 25.2 Å². The van der Waals surface area contributed by atoms with Crippen LogP contribution in [0.15, 0.2) is 18.2 Å². The van der Waals surface area contributed by atoms with Crippen molar-refractivity contribution in [1.82, 2.24) is 0 Å². The van der Waals surface area contributed by atoms with Gasteiger partial charge in [-0.1, -0.05) is 44.9 Å². The van der Waals surface area contributed by atoms with Gasteiger partial charge in [0, 0.05) is 0 Å². The molecule has 1 heteroatoms. The molecule has 0 spiro atoms. The molecule has 2 atom stereocenters. The molecule has 1 aromatic carbocycles. The molecule has 1 fully saturated rings. The molecule has 0 bridgehead atoms. The summed E-state index contributed by atoms with van der Waals surface area (Å²) in [5.41, 5.74) is 4.39. The summed E-state index contributed by atoms with van der Waals surface area (Å²) in [5, 5.41) is 0.166. The second-order valence-electron chi connectivity index (χ2n) is 6.59. The Balaban J connectivity index is 2.24. The largest absolute Gasteiger partial charge is 0.117 e. The smallest absolute Gasteiger partial charge is 0.0618 e. The second kappa shape index (κ2) is 5.25. The summed E-state index contributed by atoms with van der Waals surface area (Å²) in [4.78, 5) is 0. The molecule has 1 aliphatic rings. The van der Waals surface area contributed by atoms with Gasteiger partial charge in [-0.25, -0.2) is 0 Å². The third kappa shape index (κ3) is 2.74. The Bertz CT molecular complexity index is 420. The Morgan fingerprint density at radius 3 is 2.50 bits per heavy atom. The number of halogens is 1. The molecule has 2 unspecified atom stereocenters. The molecule has 0 nitrogen and oxygen atoms in total. The van der Waals surface area contributed by atoms with Crippen molar-refractivity contribution >= 4 is 11.6 Å². The predicted octanol–water partition coefficient (Wildman–Crippen LogP) is 5.80. The molecule has 0 amide bonds. The number of hydrogen-bond donors (Lipinski definition) is 0. The highest BCUT2D eigenvalue weighted by Gasteiger charge is 2.37. The molecular weight excluding hydrogens is 240 g/mol. The number of hydrogen-bond acceptors (Lipinski definition) is 0. The van der Waals surface area contributed by atoms with Crippen LogP contribution >= 0.6 is 11.6 Å². The summed E-state index contributed by atoms with van der Waals surface area (Å²) in [5.74, 6) is 0.607. The van der Waals surface area contributed by atoms with Crippen molar-refractivity contribution in [2.75, 3.05) is 0 Å². The van der Waals surface area contributed by atoms with Gasteiger partial charge in [-0.2, -0.15) is 0 Å². The molecule has 1 aliphatic carbocycles. The zero-order chi connectivity index (χ0) is 13.3. The molecule has 0 saturated heterocycles. The Hall–Kier alpha value is -0.490. The summed E-state index contributed by atoms with van der Waals surface area (Å²) in [6, 6.07) is 6.69. The first-order valence-corrected chi connectivity index (χ1v) is 7.57. The van der Waals surface area contributed by atoms with Crippen molar-refractivity contribution < 1.29 is 0 Å². The van der Waals surface area contributed by atoms with E-state index in [4.69, 9.17) is 11.6 Å². The van der Waals surface area contributed by atoms with Crippen molar-refractivity contribution in [3.05, 3.63) is 34.9 Å². The van der Waals surface area contributed by atoms with Gasteiger partial charge in [0.2, 0.25) is 0 Å². The number of rotatable bonds is 2. The Morgan fingerprint density at radius 2 is 1.89 bits per heavy atom. The van der Waals surface area contributed by atoms with Crippen LogP contribution in [0.4, 0.5) is 0 Å². The molecule has 0 aliphatic heterocycles. The van der Waals surface area contributed by atoms with Gasteiger partial charge < -0.3 is 0 Å². The van der Waals surface area contributed by atoms with Gasteiger partial charge in [-0.05, 0) is 54.7 Å². The number of benzene rings is 1. The molecule has 1 saturated carbocycles. The zero-order valence-corrected chi connectivity index (χ0v) is 12.8. The van der Waals surface area contributed by atoms with Crippen molar-refractivity contribution in [1.29, 1.82) is 0 Å². The minimum Gasteiger partial charge on any atom is -0.117 e. The highest BCUT2D eigenvalue weighted by molar-refractivity contribution is 6.21. The van der Waals surface area contributed by atoms with Crippen LogP contribution in [-0.4, -0.2) is 0 Å². The quantitative estimate of drug-likeness (QED) is 0.592. The van der Waals surface area contributed by atoms with Gasteiger partial charge in [-0.15, -0.1) is 11.6 Å². The van der Waals surface area contributed by atoms with Gasteiger partial charge in [0.15, 0.2) is 0 Å². The van der Waals surface area contributed by atoms with E-state index in [2.05, 4.69) is 45.9 Å². The summed E-state index contributed by atoms with van der Waals surface area (Å²) in [7, 11) is 0. The number of alkyl halides is 1. The van der Waals surface area contributed by atoms with Crippen molar-refractivity contribution in [3.8, 4) is 0 Å². The van der Waals surface area contributed by atoms with E-state index in [1.54, 1.807) is 0 Å². The predicted molar refractivity (Wildman–Crippen MR) is 80.2 cm³/mol. The minimum absolute atomic E-state index is 0.166. The lowest BCUT2D eigenvalue weighted by molar-refractivity contribution is 0.133. The first-order chi connectivity index (χ1) is 8.42. The van der Waals surface area contributed by atoms with Crippen molar-refractivity contribution in [2.24, 2.45) is 11.3 Å². The fraction of sp³-hybridized carbons (Fsp3) is 0.647. The SMILES string of the molecule is Cc1ccc(C(Cl)C2CCCCC2(C)C)cc1C. The van der Waals surface area contributed by atoms with Gasteiger partial charge in [0.1, 0.15) is 0 Å². The maximum atomic E-state index is 6.79. The molecule has 2 rings (SSSR count). The van der Waals surface area contributed by atoms with Crippen LogP contribution < -0.4 is 0 Å². The fourth-order valence-electron chi connectivity index (χ4n) is 3.23. The van der Waals surface area contributed by atoms with E-state index >= 15 is 0 Å². The fourth-order valence-corrected chi connectivity index (χ4v) is 3.83. The standard InChI is InChI=1S/C17H25Cl/c1-12-8-9-14(11-13(12)2)16(18)15-7-5-6-10-17(15,3)4/h8-9,11,15-16H,5-7,10H2,1-4H3. The van der Waals surface area contributed by atoms with E-state index in [1.165, 1.54) is 42.4 Å². The van der Waals surface area contributed by atoms with Crippen LogP contribution in [-0.2, 0) is 0 Å². The topological polar surface area (TPSA) is 0 Å². The summed E-state index contributed by atoms with van der Waals surface area (Å²) in [6.45, 7) is 9.10. The minimum atomic E-state index is 0.166. The Kier molecular flexibility index (Phi) is 4.06. The molecular formula is C17H25Cl. The first-order valence-electron chi connectivity index (χ1n) is 7.13. The first kappa shape index (κ1) is 13.9. The highest BCUT2D eigenvalue weighted by atomic mass is 35.5. The van der Waals surface area contributed by atoms with E-state index in [0.29, 0.717) is 11.3 Å². The lowest BCUT2D eigenvalue weighted by atomic mass is 9.66. The lowest BCUT2D eigenvalue weighted by Crippen LogP contribution is -2.30. The van der Waals surface area contributed by atoms with Crippen LogP contribution in [0.25, 0.3) is 0 Å². The van der Waals surface area contributed by atoms with Gasteiger partial charge in [0.05, 0.1) is 5.38 Å². The van der Waals surface area contributed by atoms with Crippen LogP contribution in [0.3, 0.4) is 0 Å². The third-order valence-corrected chi connectivity index (χ3v) is 5.35. The van der Waals surface area contributed by atoms with E-state index in [-0.39, 0.29) is 5.38 Å². The molecule has 100 valence electrons.